The Morgan fingerprint density at radius 1 is 1.11 bits per heavy atom. The van der Waals surface area contributed by atoms with Crippen LogP contribution in [0.5, 0.6) is 0 Å². The molecule has 0 spiro atoms. The summed E-state index contributed by atoms with van der Waals surface area (Å²) >= 11 is 0. The van der Waals surface area contributed by atoms with Gasteiger partial charge in [0.2, 0.25) is 5.91 Å². The molecule has 0 saturated carbocycles. The monoisotopic (exact) mass is 480 g/mol. The lowest BCUT2D eigenvalue weighted by atomic mass is 9.81. The summed E-state index contributed by atoms with van der Waals surface area (Å²) < 4.78 is 11.2. The van der Waals surface area contributed by atoms with E-state index < -0.39 is 23.5 Å². The molecule has 186 valence electrons. The number of aliphatic carboxylic acids is 1. The Labute approximate surface area is 205 Å². The van der Waals surface area contributed by atoms with Crippen LogP contribution in [0.4, 0.5) is 4.79 Å². The first-order valence-electron chi connectivity index (χ1n) is 12.1. The second-order valence-corrected chi connectivity index (χ2v) is 9.29. The van der Waals surface area contributed by atoms with Crippen molar-refractivity contribution in [2.75, 3.05) is 26.4 Å². The van der Waals surface area contributed by atoms with Crippen molar-refractivity contribution in [3.63, 3.8) is 0 Å². The van der Waals surface area contributed by atoms with Crippen molar-refractivity contribution in [1.29, 1.82) is 0 Å². The molecule has 2 aliphatic rings. The molecule has 0 bridgehead atoms. The van der Waals surface area contributed by atoms with E-state index in [4.69, 9.17) is 14.6 Å². The predicted octanol–water partition coefficient (Wildman–Crippen LogP) is 3.69. The Kier molecular flexibility index (Phi) is 7.70. The third-order valence-corrected chi connectivity index (χ3v) is 6.97. The van der Waals surface area contributed by atoms with Gasteiger partial charge in [-0.15, -0.1) is 0 Å². The third kappa shape index (κ3) is 5.48. The van der Waals surface area contributed by atoms with Crippen LogP contribution in [0.25, 0.3) is 11.1 Å². The lowest BCUT2D eigenvalue weighted by Gasteiger charge is -2.36. The molecule has 2 aromatic rings. The van der Waals surface area contributed by atoms with Crippen molar-refractivity contribution >= 4 is 18.0 Å². The van der Waals surface area contributed by atoms with E-state index in [2.05, 4.69) is 34.9 Å². The van der Waals surface area contributed by atoms with Crippen molar-refractivity contribution < 1.29 is 29.0 Å². The van der Waals surface area contributed by atoms with Gasteiger partial charge in [0.1, 0.15) is 6.61 Å². The molecule has 2 atom stereocenters. The second kappa shape index (κ2) is 10.9. The number of amides is 2. The SMILES string of the molecule is CC[C@H](CC(=O)O)NC(=O)C1(CNC(=O)OCC2c3ccccc3-c3ccccc32)CCCOC1. The summed E-state index contributed by atoms with van der Waals surface area (Å²) in [5.74, 6) is -1.32. The van der Waals surface area contributed by atoms with Crippen LogP contribution >= 0.6 is 0 Å². The van der Waals surface area contributed by atoms with E-state index in [1.165, 1.54) is 0 Å². The number of benzene rings is 2. The third-order valence-electron chi connectivity index (χ3n) is 6.97. The zero-order valence-electron chi connectivity index (χ0n) is 19.9. The number of alkyl carbamates (subject to hydrolysis) is 1. The van der Waals surface area contributed by atoms with Crippen LogP contribution in [-0.2, 0) is 19.1 Å². The molecule has 1 heterocycles. The van der Waals surface area contributed by atoms with Gasteiger partial charge >= 0.3 is 12.1 Å². The number of carbonyl (C=O) groups is 3. The molecule has 1 aliphatic carbocycles. The fourth-order valence-corrected chi connectivity index (χ4v) is 4.99. The largest absolute Gasteiger partial charge is 0.481 e. The highest BCUT2D eigenvalue weighted by molar-refractivity contribution is 5.85. The van der Waals surface area contributed by atoms with Gasteiger partial charge in [-0.3, -0.25) is 9.59 Å². The van der Waals surface area contributed by atoms with Gasteiger partial charge < -0.3 is 25.2 Å². The molecule has 1 fully saturated rings. The Balaban J connectivity index is 1.38. The number of rotatable bonds is 9. The van der Waals surface area contributed by atoms with E-state index in [0.717, 1.165) is 22.3 Å². The molecule has 1 saturated heterocycles. The lowest BCUT2D eigenvalue weighted by molar-refractivity contribution is -0.141. The molecule has 0 radical (unpaired) electrons. The quantitative estimate of drug-likeness (QED) is 0.504. The van der Waals surface area contributed by atoms with Crippen LogP contribution in [0.2, 0.25) is 0 Å². The van der Waals surface area contributed by atoms with Crippen molar-refractivity contribution in [2.24, 2.45) is 5.41 Å². The van der Waals surface area contributed by atoms with E-state index in [0.29, 0.717) is 25.9 Å². The molecule has 8 nitrogen and oxygen atoms in total. The van der Waals surface area contributed by atoms with Gasteiger partial charge in [0.25, 0.3) is 0 Å². The first kappa shape index (κ1) is 24.7. The summed E-state index contributed by atoms with van der Waals surface area (Å²) in [6, 6.07) is 15.8. The van der Waals surface area contributed by atoms with Crippen molar-refractivity contribution in [2.45, 2.75) is 44.6 Å². The smallest absolute Gasteiger partial charge is 0.407 e. The van der Waals surface area contributed by atoms with E-state index in [-0.39, 0.29) is 38.0 Å². The van der Waals surface area contributed by atoms with Gasteiger partial charge in [-0.25, -0.2) is 4.79 Å². The highest BCUT2D eigenvalue weighted by atomic mass is 16.5. The number of carboxylic acids is 1. The van der Waals surface area contributed by atoms with Gasteiger partial charge in [-0.1, -0.05) is 55.5 Å². The maximum Gasteiger partial charge on any atom is 0.407 e. The molecule has 0 aromatic heterocycles. The average Bonchev–Trinajstić information content (AvgIpc) is 3.19. The number of nitrogens with one attached hydrogen (secondary N) is 2. The number of hydrogen-bond donors (Lipinski definition) is 3. The van der Waals surface area contributed by atoms with Gasteiger partial charge in [0.05, 0.1) is 18.4 Å². The Bertz CT molecular complexity index is 1030. The Morgan fingerprint density at radius 2 is 1.77 bits per heavy atom. The highest BCUT2D eigenvalue weighted by Crippen LogP contribution is 2.44. The molecule has 8 heteroatoms. The fourth-order valence-electron chi connectivity index (χ4n) is 4.99. The summed E-state index contributed by atoms with van der Waals surface area (Å²) in [6.07, 6.45) is 0.956. The van der Waals surface area contributed by atoms with Gasteiger partial charge in [-0.2, -0.15) is 0 Å². The second-order valence-electron chi connectivity index (χ2n) is 9.29. The van der Waals surface area contributed by atoms with Crippen molar-refractivity contribution in [3.8, 4) is 11.1 Å². The Hall–Kier alpha value is -3.39. The maximum atomic E-state index is 13.1. The van der Waals surface area contributed by atoms with Crippen LogP contribution in [0.1, 0.15) is 49.7 Å². The van der Waals surface area contributed by atoms with Crippen molar-refractivity contribution in [1.82, 2.24) is 10.6 Å². The number of hydrogen-bond acceptors (Lipinski definition) is 5. The number of carboxylic acid groups (broad SMARTS) is 1. The molecule has 35 heavy (non-hydrogen) atoms. The van der Waals surface area contributed by atoms with E-state index in [1.54, 1.807) is 0 Å². The van der Waals surface area contributed by atoms with Gasteiger partial charge in [0.15, 0.2) is 0 Å². The summed E-state index contributed by atoms with van der Waals surface area (Å²) in [4.78, 5) is 36.9. The van der Waals surface area contributed by atoms with Crippen LogP contribution in [0.3, 0.4) is 0 Å². The van der Waals surface area contributed by atoms with Gasteiger partial charge in [-0.05, 0) is 41.5 Å². The summed E-state index contributed by atoms with van der Waals surface area (Å²) in [5.41, 5.74) is 3.59. The topological polar surface area (TPSA) is 114 Å². The highest BCUT2D eigenvalue weighted by Gasteiger charge is 2.42. The number of fused-ring (bicyclic) bond motifs is 3. The predicted molar refractivity (Wildman–Crippen MR) is 130 cm³/mol. The first-order valence-corrected chi connectivity index (χ1v) is 12.1. The number of ether oxygens (including phenoxy) is 2. The van der Waals surface area contributed by atoms with E-state index >= 15 is 0 Å². The summed E-state index contributed by atoms with van der Waals surface area (Å²) in [6.45, 7) is 2.77. The maximum absolute atomic E-state index is 13.1. The summed E-state index contributed by atoms with van der Waals surface area (Å²) in [7, 11) is 0. The van der Waals surface area contributed by atoms with Gasteiger partial charge in [0, 0.05) is 25.1 Å². The minimum absolute atomic E-state index is 0.0512. The van der Waals surface area contributed by atoms with Crippen LogP contribution in [0, 0.1) is 5.41 Å². The minimum atomic E-state index is -0.970. The van der Waals surface area contributed by atoms with E-state index in [9.17, 15) is 14.4 Å². The summed E-state index contributed by atoms with van der Waals surface area (Å²) in [5, 5.41) is 14.7. The molecule has 1 aliphatic heterocycles. The molecule has 3 N–H and O–H groups in total. The lowest BCUT2D eigenvalue weighted by Crippen LogP contribution is -2.55. The first-order chi connectivity index (χ1) is 16.9. The normalized spacial score (nSPS) is 19.8. The standard InChI is InChI=1S/C27H32N2O6/c1-2-18(14-24(30)31)29-25(32)27(12-7-13-34-17-27)16-28-26(33)35-15-23-21-10-5-3-8-19(21)20-9-4-6-11-22(20)23/h3-6,8-11,18,23H,2,7,12-17H2,1H3,(H,28,33)(H,29,32)(H,30,31)/t18-,27?/m1/s1. The molecular weight excluding hydrogens is 448 g/mol. The number of carbonyl (C=O) groups excluding carboxylic acids is 2. The molecule has 2 amide bonds. The van der Waals surface area contributed by atoms with E-state index in [1.807, 2.05) is 31.2 Å². The molecule has 4 rings (SSSR count). The molecule has 2 aromatic carbocycles. The average molecular weight is 481 g/mol. The zero-order chi connectivity index (χ0) is 24.8. The Morgan fingerprint density at radius 3 is 2.34 bits per heavy atom. The van der Waals surface area contributed by atoms with Crippen LogP contribution in [-0.4, -0.2) is 55.5 Å². The molecular formula is C27H32N2O6. The zero-order valence-corrected chi connectivity index (χ0v) is 19.9. The van der Waals surface area contributed by atoms with Crippen molar-refractivity contribution in [3.05, 3.63) is 59.7 Å². The van der Waals surface area contributed by atoms with Crippen LogP contribution < -0.4 is 10.6 Å². The van der Waals surface area contributed by atoms with Crippen LogP contribution in [0.15, 0.2) is 48.5 Å². The minimum Gasteiger partial charge on any atom is -0.481 e. The molecule has 1 unspecified atom stereocenters. The fraction of sp³-hybridized carbons (Fsp3) is 0.444.